The molecule has 3 heterocycles. The number of phenolic OH excluding ortho intramolecular Hbond substituents is 2. The van der Waals surface area contributed by atoms with Crippen molar-refractivity contribution in [1.29, 1.82) is 0 Å². The van der Waals surface area contributed by atoms with E-state index in [-0.39, 0.29) is 60.2 Å². The average molecular weight is 1140 g/mol. The molecule has 0 amide bonds. The number of hydrogen-bond acceptors (Lipinski definition) is 11. The van der Waals surface area contributed by atoms with Gasteiger partial charge in [-0.3, -0.25) is 9.59 Å². The molecule has 0 saturated heterocycles. The monoisotopic (exact) mass is 1130 g/mol. The maximum atomic E-state index is 15.3. The van der Waals surface area contributed by atoms with E-state index in [1.54, 1.807) is 12.1 Å². The van der Waals surface area contributed by atoms with E-state index in [1.165, 1.54) is 7.11 Å². The molecule has 2 aliphatic carbocycles. The highest BCUT2D eigenvalue weighted by atomic mass is 16.5. The third-order valence-electron chi connectivity index (χ3n) is 18.5. The minimum Gasteiger partial charge on any atom is -0.507 e. The summed E-state index contributed by atoms with van der Waals surface area (Å²) in [5.74, 6) is 5.86. The molecule has 1 aromatic heterocycles. The SMILES string of the molecule is CCC[C@@H]1[C@H]2C[C@@H](CC3=CCNC(=C3)Nc3cc4c(O)c(ccc4cc3Cc3ccccc3)C[C@H](O)CNC[C@H](C)c3c[nH]c(c3)C[C@H]1O)C[C@@H]1C#C[C@H](c3ccccc3CCC(C)C)c3cc(O)c(OC)cc3CCC(=O)[C@H](O)C(=O)[C@H]1C2. The number of anilines is 1. The number of β-amino-alcohol motifs (C(OH)–C–C–N with tert-alkyl or cyclic N) is 1. The third-order valence-corrected chi connectivity index (χ3v) is 18.5. The fraction of sp³-hybridized carbons (Fsp3) is 0.444. The van der Waals surface area contributed by atoms with E-state index in [4.69, 9.17) is 4.74 Å². The van der Waals surface area contributed by atoms with Crippen LogP contribution in [0.3, 0.4) is 0 Å². The van der Waals surface area contributed by atoms with E-state index in [0.717, 1.165) is 86.4 Å². The minimum absolute atomic E-state index is 0.0291. The summed E-state index contributed by atoms with van der Waals surface area (Å²) < 4.78 is 5.62. The molecular weight excluding hydrogens is 1050 g/mol. The molecule has 10 rings (SSSR count). The van der Waals surface area contributed by atoms with Crippen LogP contribution in [0.2, 0.25) is 0 Å². The lowest BCUT2D eigenvalue weighted by atomic mass is 9.73. The standard InChI is InChI=1S/C72H86N4O8/c1-6-12-59-53-30-47(29-49-21-23-60(58-16-11-10-15-48(58)18-17-43(2)3)61-39-67(80)68(84-5)36-51(61)22-24-65(78)72(83)71(82)62(49)35-53)27-46-25-26-74-69(31-46)76-64-38-63-50(32-54(64)28-45-13-8-7-9-14-45)19-20-52(70(63)81)34-57(77)42-73-40-44(4)55-33-56(75-41-55)37-66(59)79/h7-11,13-16,19-20,25,31-33,36,38-39,41,43-44,47,49,53,57,59-60,62,66,72-77,79-81,83H,6,12,17-18,22,24,26-30,34-35,37,40,42H2,1-5H3/t44-,47-,49-,53-,57-,59+,60+,62-,66+,72-/m0/s1. The fourth-order valence-corrected chi connectivity index (χ4v) is 13.9. The molecule has 2 aliphatic heterocycles. The summed E-state index contributed by atoms with van der Waals surface area (Å²) in [7, 11) is 1.50. The predicted octanol–water partition coefficient (Wildman–Crippen LogP) is 11.5. The predicted molar refractivity (Wildman–Crippen MR) is 333 cm³/mol. The van der Waals surface area contributed by atoms with Crippen molar-refractivity contribution in [2.75, 3.05) is 32.1 Å². The second kappa shape index (κ2) is 27.3. The molecule has 4 aliphatic rings. The van der Waals surface area contributed by atoms with E-state index in [9.17, 15) is 30.3 Å². The largest absolute Gasteiger partial charge is 0.507 e. The first-order valence-corrected chi connectivity index (χ1v) is 30.8. The van der Waals surface area contributed by atoms with Gasteiger partial charge in [0.05, 0.1) is 25.2 Å². The number of Topliss-reactive ketones (excluding diaryl/α,β-unsaturated/α-hetero) is 2. The summed E-state index contributed by atoms with van der Waals surface area (Å²) in [6, 6.07) is 32.4. The fourth-order valence-electron chi connectivity index (χ4n) is 13.9. The Morgan fingerprint density at radius 1 is 0.810 bits per heavy atom. The van der Waals surface area contributed by atoms with Crippen LogP contribution in [0.15, 0.2) is 127 Å². The highest BCUT2D eigenvalue weighted by molar-refractivity contribution is 6.06. The van der Waals surface area contributed by atoms with Crippen molar-refractivity contribution in [2.45, 2.75) is 141 Å². The van der Waals surface area contributed by atoms with Crippen LogP contribution in [0, 0.1) is 47.3 Å². The molecule has 0 spiro atoms. The van der Waals surface area contributed by atoms with Gasteiger partial charge < -0.3 is 51.2 Å². The van der Waals surface area contributed by atoms with Crippen LogP contribution >= 0.6 is 0 Å². The number of aliphatic hydroxyl groups excluding tert-OH is 3. The molecule has 9 bridgehead atoms. The lowest BCUT2D eigenvalue weighted by Gasteiger charge is -2.33. The number of ketones is 2. The van der Waals surface area contributed by atoms with Crippen molar-refractivity contribution >= 4 is 28.0 Å². The Morgan fingerprint density at radius 2 is 1.62 bits per heavy atom. The molecule has 9 N–H and O–H groups in total. The molecule has 84 heavy (non-hydrogen) atoms. The molecule has 0 unspecified atom stereocenters. The van der Waals surface area contributed by atoms with Crippen molar-refractivity contribution in [3.05, 3.63) is 177 Å². The van der Waals surface area contributed by atoms with Crippen molar-refractivity contribution in [2.24, 2.45) is 35.5 Å². The molecule has 6 aromatic rings. The number of methoxy groups -OCH3 is 1. The van der Waals surface area contributed by atoms with Gasteiger partial charge in [-0.25, -0.2) is 0 Å². The van der Waals surface area contributed by atoms with Gasteiger partial charge in [0.2, 0.25) is 0 Å². The zero-order valence-corrected chi connectivity index (χ0v) is 49.6. The van der Waals surface area contributed by atoms with Gasteiger partial charge in [0.15, 0.2) is 29.2 Å². The number of aryl methyl sites for hydroxylation is 2. The number of benzene rings is 5. The maximum absolute atomic E-state index is 15.3. The average Bonchev–Trinajstić information content (AvgIpc) is 2.77. The number of aromatic hydroxyl groups is 2. The first-order valence-electron chi connectivity index (χ1n) is 30.8. The molecule has 12 heteroatoms. The van der Waals surface area contributed by atoms with E-state index in [2.05, 4.69) is 115 Å². The lowest BCUT2D eigenvalue weighted by molar-refractivity contribution is -0.142. The Kier molecular flexibility index (Phi) is 19.5. The summed E-state index contributed by atoms with van der Waals surface area (Å²) in [4.78, 5) is 33.1. The van der Waals surface area contributed by atoms with Gasteiger partial charge in [0, 0.05) is 73.7 Å². The number of ether oxygens (including phenoxy) is 1. The first kappa shape index (κ1) is 60.0. The Labute approximate surface area is 496 Å². The van der Waals surface area contributed by atoms with Gasteiger partial charge in [-0.05, 0) is 179 Å². The number of dihydropyridines is 1. The van der Waals surface area contributed by atoms with Crippen LogP contribution in [0.4, 0.5) is 5.69 Å². The van der Waals surface area contributed by atoms with Crippen LogP contribution in [0.1, 0.15) is 141 Å². The quantitative estimate of drug-likeness (QED) is 0.0494. The number of aliphatic hydroxyl groups is 3. The Morgan fingerprint density at radius 3 is 2.42 bits per heavy atom. The Bertz CT molecular complexity index is 3420. The first-order chi connectivity index (χ1) is 40.6. The van der Waals surface area contributed by atoms with Crippen molar-refractivity contribution in [3.63, 3.8) is 0 Å². The van der Waals surface area contributed by atoms with Crippen molar-refractivity contribution in [3.8, 4) is 29.1 Å². The maximum Gasteiger partial charge on any atom is 0.173 e. The van der Waals surface area contributed by atoms with E-state index < -0.39 is 47.6 Å². The van der Waals surface area contributed by atoms with Crippen LogP contribution in [0.25, 0.3) is 10.8 Å². The van der Waals surface area contributed by atoms with Crippen molar-refractivity contribution in [1.82, 2.24) is 15.6 Å². The number of hydrogen-bond donors (Lipinski definition) is 9. The number of carbonyl (C=O) groups excluding carboxylic acids is 2. The van der Waals surface area contributed by atoms with E-state index in [1.807, 2.05) is 48.7 Å². The summed E-state index contributed by atoms with van der Waals surface area (Å²) in [6.45, 7) is 10.2. The molecule has 1 saturated carbocycles. The summed E-state index contributed by atoms with van der Waals surface area (Å²) in [5.41, 5.74) is 10.4. The van der Waals surface area contributed by atoms with Gasteiger partial charge in [-0.15, -0.1) is 0 Å². The summed E-state index contributed by atoms with van der Waals surface area (Å²) in [5, 5.41) is 71.8. The highest BCUT2D eigenvalue weighted by Gasteiger charge is 2.44. The summed E-state index contributed by atoms with van der Waals surface area (Å²) in [6.07, 6.45) is 9.87. The van der Waals surface area contributed by atoms with E-state index >= 15 is 4.79 Å². The molecule has 5 aromatic carbocycles. The van der Waals surface area contributed by atoms with Crippen LogP contribution in [0.5, 0.6) is 17.2 Å². The number of fused-ring (bicyclic) bond motifs is 9. The topological polar surface area (TPSA) is 196 Å². The Hall–Kier alpha value is -7.14. The second-order valence-corrected chi connectivity index (χ2v) is 25.0. The zero-order chi connectivity index (χ0) is 59.0. The number of carbonyl (C=O) groups is 2. The highest BCUT2D eigenvalue weighted by Crippen LogP contribution is 2.46. The van der Waals surface area contributed by atoms with Gasteiger partial charge >= 0.3 is 0 Å². The number of nitrogens with one attached hydrogen (secondary N) is 4. The number of aromatic nitrogens is 1. The summed E-state index contributed by atoms with van der Waals surface area (Å²) >= 11 is 0. The molecule has 442 valence electrons. The Balaban J connectivity index is 1.10. The number of H-pyrrole nitrogens is 1. The number of phenols is 2. The number of rotatable bonds is 9. The van der Waals surface area contributed by atoms with Gasteiger partial charge in [-0.2, -0.15) is 0 Å². The van der Waals surface area contributed by atoms with Crippen LogP contribution < -0.4 is 20.7 Å². The van der Waals surface area contributed by atoms with Crippen molar-refractivity contribution < 1.29 is 39.9 Å². The third kappa shape index (κ3) is 14.2. The van der Waals surface area contributed by atoms with Gasteiger partial charge in [-0.1, -0.05) is 119 Å². The smallest absolute Gasteiger partial charge is 0.173 e. The second-order valence-electron chi connectivity index (χ2n) is 25.0. The molecule has 10 atom stereocenters. The minimum atomic E-state index is -1.86. The van der Waals surface area contributed by atoms with Crippen LogP contribution in [-0.2, 0) is 41.7 Å². The molecular formula is C72H86N4O8. The molecule has 1 fully saturated rings. The van der Waals surface area contributed by atoms with E-state index in [0.29, 0.717) is 81.4 Å². The lowest BCUT2D eigenvalue weighted by Crippen LogP contribution is -2.40. The van der Waals surface area contributed by atoms with Crippen LogP contribution in [-0.4, -0.2) is 87.1 Å². The number of allylic oxidation sites excluding steroid dienone is 2. The zero-order valence-electron chi connectivity index (χ0n) is 49.6. The number of aromatic amines is 1. The molecule has 12 nitrogen and oxygen atoms in total. The normalized spacial score (nSPS) is 25.4. The molecule has 0 radical (unpaired) electrons. The van der Waals surface area contributed by atoms with Gasteiger partial charge in [0.25, 0.3) is 0 Å². The van der Waals surface area contributed by atoms with Gasteiger partial charge in [0.1, 0.15) is 11.6 Å².